The number of benzene rings is 1. The molecule has 0 aromatic heterocycles. The summed E-state index contributed by atoms with van der Waals surface area (Å²) in [6, 6.07) is 7.66. The second-order valence-corrected chi connectivity index (χ2v) is 4.24. The van der Waals surface area contributed by atoms with Crippen molar-refractivity contribution in [2.24, 2.45) is 9.98 Å². The van der Waals surface area contributed by atoms with E-state index in [9.17, 15) is 8.42 Å². The predicted molar refractivity (Wildman–Crippen MR) is 56.0 cm³/mol. The van der Waals surface area contributed by atoms with Crippen LogP contribution < -0.4 is 0 Å². The molecule has 0 spiro atoms. The van der Waals surface area contributed by atoms with Crippen LogP contribution in [0.15, 0.2) is 45.2 Å². The van der Waals surface area contributed by atoms with Gasteiger partial charge in [0.15, 0.2) is 4.90 Å². The van der Waals surface area contributed by atoms with Gasteiger partial charge in [0, 0.05) is 0 Å². The number of hydrogen-bond donors (Lipinski definition) is 0. The van der Waals surface area contributed by atoms with E-state index in [4.69, 9.17) is 0 Å². The normalized spacial score (nSPS) is 14.5. The van der Waals surface area contributed by atoms with Gasteiger partial charge in [-0.2, -0.15) is 0 Å². The lowest BCUT2D eigenvalue weighted by molar-refractivity contribution is 0.0808. The lowest BCUT2D eigenvalue weighted by atomic mass is 10.4. The van der Waals surface area contributed by atoms with E-state index in [-0.39, 0.29) is 10.9 Å². The number of urea groups is 1. The minimum atomic E-state index is -3.81. The third-order valence-electron chi connectivity index (χ3n) is 1.65. The molecule has 1 aromatic carbocycles. The topological polar surface area (TPSA) is 70.2 Å². The zero-order valence-electron chi connectivity index (χ0n) is 7.57. The van der Waals surface area contributed by atoms with Crippen molar-refractivity contribution < 1.29 is 12.3 Å². The van der Waals surface area contributed by atoms with Gasteiger partial charge in [-0.05, 0) is 12.1 Å². The number of amides is 2. The standard InChI is InChI=1S/C9H7N2O3S/c12-15(13,8-4-2-1-3-5-8)14-9-10-6-7-11-9/h1-7H/q+1. The highest BCUT2D eigenvalue weighted by atomic mass is 32.2. The average molecular weight is 223 g/mol. The number of rotatable bonds is 2. The Bertz CT molecular complexity index is 530. The number of nitrogens with zero attached hydrogens (tertiary/aromatic N) is 2. The molecule has 76 valence electrons. The summed E-state index contributed by atoms with van der Waals surface area (Å²) >= 11 is 0. The van der Waals surface area contributed by atoms with E-state index in [1.54, 1.807) is 18.2 Å². The molecule has 1 aliphatic rings. The fourth-order valence-corrected chi connectivity index (χ4v) is 1.87. The third kappa shape index (κ3) is 2.16. The van der Waals surface area contributed by atoms with Gasteiger partial charge < -0.3 is 0 Å². The van der Waals surface area contributed by atoms with E-state index in [1.807, 2.05) is 0 Å². The molecule has 2 amide bonds. The first kappa shape index (κ1) is 9.72. The highest BCUT2D eigenvalue weighted by Gasteiger charge is 2.28. The quantitative estimate of drug-likeness (QED) is 0.706. The molecule has 1 aliphatic heterocycles. The van der Waals surface area contributed by atoms with E-state index in [1.165, 1.54) is 24.6 Å². The second kappa shape index (κ2) is 3.74. The summed E-state index contributed by atoms with van der Waals surface area (Å²) in [7, 11) is -3.81. The largest absolute Gasteiger partial charge is 0.578 e. The molecule has 15 heavy (non-hydrogen) atoms. The maximum absolute atomic E-state index is 11.6. The molecule has 0 saturated carbocycles. The van der Waals surface area contributed by atoms with Crippen molar-refractivity contribution in [3.8, 4) is 0 Å². The maximum Gasteiger partial charge on any atom is 0.578 e. The molecule has 2 rings (SSSR count). The Hall–Kier alpha value is -1.82. The van der Waals surface area contributed by atoms with Crippen LogP contribution in [0.25, 0.3) is 0 Å². The summed E-state index contributed by atoms with van der Waals surface area (Å²) in [6.07, 6.45) is 2.71. The van der Waals surface area contributed by atoms with Gasteiger partial charge in [0.25, 0.3) is 0 Å². The summed E-state index contributed by atoms with van der Waals surface area (Å²) < 4.78 is 27.9. The molecule has 0 N–H and O–H groups in total. The highest BCUT2D eigenvalue weighted by Crippen LogP contribution is 2.16. The monoisotopic (exact) mass is 223 g/mol. The molecule has 0 unspecified atom stereocenters. The SMILES string of the molecule is O=S(=O)([O+]=C1N=CC=N1)c1ccccc1. The van der Waals surface area contributed by atoms with E-state index in [2.05, 4.69) is 13.9 Å². The van der Waals surface area contributed by atoms with Crippen LogP contribution in [0.3, 0.4) is 0 Å². The van der Waals surface area contributed by atoms with Crippen LogP contribution in [0, 0.1) is 0 Å². The molecule has 1 heterocycles. The first-order valence-electron chi connectivity index (χ1n) is 4.12. The van der Waals surface area contributed by atoms with E-state index >= 15 is 0 Å². The lowest BCUT2D eigenvalue weighted by Gasteiger charge is -1.86. The molecule has 6 heteroatoms. The van der Waals surface area contributed by atoms with Crippen LogP contribution in [0.2, 0.25) is 0 Å². The van der Waals surface area contributed by atoms with Gasteiger partial charge in [-0.1, -0.05) is 22.1 Å². The van der Waals surface area contributed by atoms with Gasteiger partial charge in [-0.3, -0.25) is 0 Å². The highest BCUT2D eigenvalue weighted by molar-refractivity contribution is 7.85. The first-order chi connectivity index (χ1) is 7.18. The molecule has 0 atom stereocenters. The Labute approximate surface area is 86.6 Å². The zero-order chi connectivity index (χ0) is 10.7. The Morgan fingerprint density at radius 1 is 1.00 bits per heavy atom. The fraction of sp³-hybridized carbons (Fsp3) is 0. The van der Waals surface area contributed by atoms with Gasteiger partial charge in [0.2, 0.25) is 0 Å². The molecule has 0 saturated heterocycles. The molecule has 0 bridgehead atoms. The van der Waals surface area contributed by atoms with E-state index < -0.39 is 10.1 Å². The van der Waals surface area contributed by atoms with Gasteiger partial charge >= 0.3 is 16.1 Å². The van der Waals surface area contributed by atoms with Gasteiger partial charge in [-0.25, -0.2) is 0 Å². The Kier molecular flexibility index (Phi) is 2.42. The summed E-state index contributed by atoms with van der Waals surface area (Å²) in [6.45, 7) is 0. The zero-order valence-corrected chi connectivity index (χ0v) is 8.39. The minimum absolute atomic E-state index is 0.0785. The number of aliphatic imine (C=N–C) groups is 2. The fourth-order valence-electron chi connectivity index (χ4n) is 1.00. The Morgan fingerprint density at radius 2 is 1.60 bits per heavy atom. The maximum atomic E-state index is 11.6. The van der Waals surface area contributed by atoms with Crippen molar-refractivity contribution in [1.82, 2.24) is 0 Å². The summed E-state index contributed by atoms with van der Waals surface area (Å²) in [5, 5.41) is 0. The molecular formula is C9H7N2O3S+. The van der Waals surface area contributed by atoms with Crippen LogP contribution >= 0.6 is 0 Å². The Morgan fingerprint density at radius 3 is 2.20 bits per heavy atom. The summed E-state index contributed by atoms with van der Waals surface area (Å²) in [5.74, 6) is 0. The van der Waals surface area contributed by atoms with Crippen LogP contribution in [-0.2, 0) is 10.1 Å². The van der Waals surface area contributed by atoms with Crippen LogP contribution in [0.1, 0.15) is 0 Å². The van der Waals surface area contributed by atoms with Crippen LogP contribution in [0.5, 0.6) is 0 Å². The third-order valence-corrected chi connectivity index (χ3v) is 2.87. The van der Waals surface area contributed by atoms with Crippen molar-refractivity contribution in [3.05, 3.63) is 30.3 Å². The van der Waals surface area contributed by atoms with Gasteiger partial charge in [-0.15, -0.1) is 18.4 Å². The molecular weight excluding hydrogens is 216 g/mol. The van der Waals surface area contributed by atoms with Gasteiger partial charge in [0.1, 0.15) is 0 Å². The molecule has 0 aliphatic carbocycles. The smallest absolute Gasteiger partial charge is 0.143 e. The summed E-state index contributed by atoms with van der Waals surface area (Å²) in [4.78, 5) is 7.31. The van der Waals surface area contributed by atoms with Crippen molar-refractivity contribution in [1.29, 1.82) is 0 Å². The van der Waals surface area contributed by atoms with E-state index in [0.29, 0.717) is 0 Å². The van der Waals surface area contributed by atoms with Crippen molar-refractivity contribution in [2.75, 3.05) is 0 Å². The molecule has 1 aromatic rings. The molecule has 0 fully saturated rings. The second-order valence-electron chi connectivity index (χ2n) is 2.69. The van der Waals surface area contributed by atoms with E-state index in [0.717, 1.165) is 0 Å². The predicted octanol–water partition coefficient (Wildman–Crippen LogP) is 1.19. The Balaban J connectivity index is 2.41. The van der Waals surface area contributed by atoms with Crippen molar-refractivity contribution in [3.63, 3.8) is 0 Å². The lowest BCUT2D eigenvalue weighted by Crippen LogP contribution is -1.96. The number of carbonyl (C=O) groups excluding carboxylic acids is 1. The van der Waals surface area contributed by atoms with Gasteiger partial charge in [0.05, 0.1) is 12.4 Å². The van der Waals surface area contributed by atoms with Crippen LogP contribution in [0.4, 0.5) is 3.87 Å². The van der Waals surface area contributed by atoms with Crippen molar-refractivity contribution in [2.45, 2.75) is 4.90 Å². The molecule has 5 nitrogen and oxygen atoms in total. The molecule has 0 radical (unpaired) electrons. The van der Waals surface area contributed by atoms with Crippen LogP contribution in [-0.4, -0.2) is 26.9 Å². The summed E-state index contributed by atoms with van der Waals surface area (Å²) in [5.41, 5.74) is 0. The minimum Gasteiger partial charge on any atom is -0.143 e. The first-order valence-corrected chi connectivity index (χ1v) is 5.52. The van der Waals surface area contributed by atoms with Crippen molar-refractivity contribution >= 4 is 28.6 Å². The average Bonchev–Trinajstić information content (AvgIpc) is 2.71. The number of hydrogen-bond acceptors (Lipinski definition) is 2.